The highest BCUT2D eigenvalue weighted by Crippen LogP contribution is 2.27. The van der Waals surface area contributed by atoms with Crippen LogP contribution in [0.5, 0.6) is 0 Å². The van der Waals surface area contributed by atoms with Gasteiger partial charge in [-0.2, -0.15) is 0 Å². The number of carbonyl (C=O) groups is 1. The van der Waals surface area contributed by atoms with Gasteiger partial charge in [0.2, 0.25) is 0 Å². The SMILES string of the molecule is CCC(CC)(CCl)CNC(=O)c1cc(Cl)cc(Cl)c1. The van der Waals surface area contributed by atoms with Crippen molar-refractivity contribution < 1.29 is 4.79 Å². The predicted molar refractivity (Wildman–Crippen MR) is 82.5 cm³/mol. The van der Waals surface area contributed by atoms with Crippen LogP contribution in [0.2, 0.25) is 10.0 Å². The van der Waals surface area contributed by atoms with Crippen LogP contribution in [0.15, 0.2) is 18.2 Å². The molecule has 106 valence electrons. The fourth-order valence-electron chi connectivity index (χ4n) is 1.79. The van der Waals surface area contributed by atoms with Crippen LogP contribution in [-0.4, -0.2) is 18.3 Å². The van der Waals surface area contributed by atoms with Crippen molar-refractivity contribution in [3.8, 4) is 0 Å². The molecule has 0 spiro atoms. The van der Waals surface area contributed by atoms with E-state index in [2.05, 4.69) is 19.2 Å². The van der Waals surface area contributed by atoms with Crippen molar-refractivity contribution in [3.63, 3.8) is 0 Å². The number of halogens is 3. The molecule has 19 heavy (non-hydrogen) atoms. The van der Waals surface area contributed by atoms with E-state index in [4.69, 9.17) is 34.8 Å². The van der Waals surface area contributed by atoms with E-state index in [0.29, 0.717) is 28.0 Å². The molecule has 5 heteroatoms. The number of rotatable bonds is 6. The third kappa shape index (κ3) is 4.55. The van der Waals surface area contributed by atoms with Crippen molar-refractivity contribution in [2.45, 2.75) is 26.7 Å². The number of carbonyl (C=O) groups excluding carboxylic acids is 1. The van der Waals surface area contributed by atoms with E-state index in [1.54, 1.807) is 18.2 Å². The Bertz CT molecular complexity index is 416. The van der Waals surface area contributed by atoms with Crippen LogP contribution < -0.4 is 5.32 Å². The van der Waals surface area contributed by atoms with Gasteiger partial charge in [-0.05, 0) is 31.0 Å². The number of alkyl halides is 1. The standard InChI is InChI=1S/C14H18Cl3NO/c1-3-14(4-2,8-15)9-18-13(19)10-5-11(16)7-12(17)6-10/h5-7H,3-4,8-9H2,1-2H3,(H,18,19). The summed E-state index contributed by atoms with van der Waals surface area (Å²) < 4.78 is 0. The Morgan fingerprint density at radius 2 is 1.68 bits per heavy atom. The molecule has 1 amide bonds. The molecule has 0 aliphatic rings. The Morgan fingerprint density at radius 3 is 2.11 bits per heavy atom. The molecule has 0 bridgehead atoms. The quantitative estimate of drug-likeness (QED) is 0.751. The lowest BCUT2D eigenvalue weighted by Gasteiger charge is -2.29. The van der Waals surface area contributed by atoms with Crippen LogP contribution in [0.3, 0.4) is 0 Å². The lowest BCUT2D eigenvalue weighted by atomic mass is 9.84. The average Bonchev–Trinajstić information content (AvgIpc) is 2.39. The van der Waals surface area contributed by atoms with Gasteiger partial charge in [-0.1, -0.05) is 37.0 Å². The molecule has 0 saturated heterocycles. The average molecular weight is 323 g/mol. The highest BCUT2D eigenvalue weighted by molar-refractivity contribution is 6.35. The Balaban J connectivity index is 2.74. The first-order valence-electron chi connectivity index (χ1n) is 6.26. The van der Waals surface area contributed by atoms with Gasteiger partial charge in [-0.25, -0.2) is 0 Å². The molecule has 2 nitrogen and oxygen atoms in total. The lowest BCUT2D eigenvalue weighted by Crippen LogP contribution is -2.38. The van der Waals surface area contributed by atoms with E-state index in [1.807, 2.05) is 0 Å². The van der Waals surface area contributed by atoms with Crippen LogP contribution in [-0.2, 0) is 0 Å². The molecule has 1 aromatic carbocycles. The van der Waals surface area contributed by atoms with Gasteiger partial charge < -0.3 is 5.32 Å². The zero-order chi connectivity index (χ0) is 14.5. The van der Waals surface area contributed by atoms with E-state index in [9.17, 15) is 4.79 Å². The van der Waals surface area contributed by atoms with Crippen LogP contribution in [0.25, 0.3) is 0 Å². The highest BCUT2D eigenvalue weighted by atomic mass is 35.5. The molecule has 1 rings (SSSR count). The largest absolute Gasteiger partial charge is 0.351 e. The monoisotopic (exact) mass is 321 g/mol. The van der Waals surface area contributed by atoms with Gasteiger partial charge in [0, 0.05) is 33.4 Å². The zero-order valence-electron chi connectivity index (χ0n) is 11.1. The van der Waals surface area contributed by atoms with Crippen molar-refractivity contribution in [2.75, 3.05) is 12.4 Å². The van der Waals surface area contributed by atoms with Crippen LogP contribution >= 0.6 is 34.8 Å². The second-order valence-electron chi connectivity index (χ2n) is 4.68. The molecule has 0 aliphatic heterocycles. The van der Waals surface area contributed by atoms with E-state index in [1.165, 1.54) is 0 Å². The molecule has 0 unspecified atom stereocenters. The minimum atomic E-state index is -0.180. The Kier molecular flexibility index (Phi) is 6.45. The summed E-state index contributed by atoms with van der Waals surface area (Å²) in [7, 11) is 0. The summed E-state index contributed by atoms with van der Waals surface area (Å²) in [5.74, 6) is 0.345. The first-order chi connectivity index (χ1) is 8.96. The third-order valence-electron chi connectivity index (χ3n) is 3.53. The van der Waals surface area contributed by atoms with Crippen molar-refractivity contribution in [1.82, 2.24) is 5.32 Å². The van der Waals surface area contributed by atoms with Gasteiger partial charge in [0.25, 0.3) is 5.91 Å². The Morgan fingerprint density at radius 1 is 1.16 bits per heavy atom. The highest BCUT2D eigenvalue weighted by Gasteiger charge is 2.25. The van der Waals surface area contributed by atoms with E-state index in [0.717, 1.165) is 12.8 Å². The van der Waals surface area contributed by atoms with Crippen molar-refractivity contribution in [1.29, 1.82) is 0 Å². The van der Waals surface area contributed by atoms with Gasteiger partial charge in [0.1, 0.15) is 0 Å². The molecule has 0 aliphatic carbocycles. The summed E-state index contributed by atoms with van der Waals surface area (Å²) in [5.41, 5.74) is 0.410. The van der Waals surface area contributed by atoms with E-state index < -0.39 is 0 Å². The summed E-state index contributed by atoms with van der Waals surface area (Å²) >= 11 is 17.8. The van der Waals surface area contributed by atoms with E-state index in [-0.39, 0.29) is 11.3 Å². The first-order valence-corrected chi connectivity index (χ1v) is 7.55. The molecule has 0 atom stereocenters. The topological polar surface area (TPSA) is 29.1 Å². The maximum absolute atomic E-state index is 12.1. The predicted octanol–water partition coefficient (Wildman–Crippen LogP) is 4.77. The number of nitrogens with one attached hydrogen (secondary N) is 1. The Hall–Kier alpha value is -0.440. The molecule has 0 fully saturated rings. The van der Waals surface area contributed by atoms with Gasteiger partial charge in [-0.15, -0.1) is 11.6 Å². The second-order valence-corrected chi connectivity index (χ2v) is 5.82. The van der Waals surface area contributed by atoms with Crippen LogP contribution in [0, 0.1) is 5.41 Å². The van der Waals surface area contributed by atoms with Crippen LogP contribution in [0.1, 0.15) is 37.0 Å². The summed E-state index contributed by atoms with van der Waals surface area (Å²) in [6, 6.07) is 4.80. The number of hydrogen-bond donors (Lipinski definition) is 1. The minimum absolute atomic E-state index is 0.0560. The number of hydrogen-bond acceptors (Lipinski definition) is 1. The molecule has 0 heterocycles. The van der Waals surface area contributed by atoms with Gasteiger partial charge in [0.05, 0.1) is 0 Å². The molecule has 0 saturated carbocycles. The summed E-state index contributed by atoms with van der Waals surface area (Å²) in [5, 5.41) is 3.81. The summed E-state index contributed by atoms with van der Waals surface area (Å²) in [4.78, 5) is 12.1. The molecular weight excluding hydrogens is 305 g/mol. The van der Waals surface area contributed by atoms with Crippen molar-refractivity contribution in [3.05, 3.63) is 33.8 Å². The zero-order valence-corrected chi connectivity index (χ0v) is 13.4. The fraction of sp³-hybridized carbons (Fsp3) is 0.500. The van der Waals surface area contributed by atoms with Gasteiger partial charge >= 0.3 is 0 Å². The molecule has 1 aromatic rings. The minimum Gasteiger partial charge on any atom is -0.351 e. The van der Waals surface area contributed by atoms with Crippen molar-refractivity contribution >= 4 is 40.7 Å². The van der Waals surface area contributed by atoms with E-state index >= 15 is 0 Å². The normalized spacial score (nSPS) is 11.4. The summed E-state index contributed by atoms with van der Waals surface area (Å²) in [6.07, 6.45) is 1.84. The number of benzene rings is 1. The third-order valence-corrected chi connectivity index (χ3v) is 4.54. The van der Waals surface area contributed by atoms with Gasteiger partial charge in [0.15, 0.2) is 0 Å². The lowest BCUT2D eigenvalue weighted by molar-refractivity contribution is 0.0932. The second kappa shape index (κ2) is 7.37. The molecular formula is C14H18Cl3NO. The maximum Gasteiger partial charge on any atom is 0.251 e. The molecule has 0 radical (unpaired) electrons. The van der Waals surface area contributed by atoms with Crippen molar-refractivity contribution in [2.24, 2.45) is 5.41 Å². The number of amides is 1. The van der Waals surface area contributed by atoms with Gasteiger partial charge in [-0.3, -0.25) is 4.79 Å². The molecule has 1 N–H and O–H groups in total. The first kappa shape index (κ1) is 16.6. The summed E-state index contributed by atoms with van der Waals surface area (Å²) in [6.45, 7) is 4.70. The maximum atomic E-state index is 12.1. The molecule has 0 aromatic heterocycles. The smallest absolute Gasteiger partial charge is 0.251 e. The van der Waals surface area contributed by atoms with Crippen LogP contribution in [0.4, 0.5) is 0 Å². The Labute approximate surface area is 129 Å². The fourth-order valence-corrected chi connectivity index (χ4v) is 2.79.